The smallest absolute Gasteiger partial charge is 0.251 e. The minimum Gasteiger partial charge on any atom is -0.384 e. The number of likely N-dealkylation sites (N-methyl/N-ethyl adjacent to an activating group) is 1. The molecule has 1 aromatic rings. The summed E-state index contributed by atoms with van der Waals surface area (Å²) in [6, 6.07) is 6.17. The van der Waals surface area contributed by atoms with Crippen molar-refractivity contribution < 1.29 is 9.90 Å². The van der Waals surface area contributed by atoms with Crippen molar-refractivity contribution in [3.8, 4) is 11.8 Å². The Bertz CT molecular complexity index is 568. The van der Waals surface area contributed by atoms with E-state index in [0.717, 1.165) is 17.7 Å². The van der Waals surface area contributed by atoms with E-state index < -0.39 is 0 Å². The van der Waals surface area contributed by atoms with Crippen LogP contribution in [0.15, 0.2) is 18.2 Å². The summed E-state index contributed by atoms with van der Waals surface area (Å²) < 4.78 is 0. The first kappa shape index (κ1) is 15.6. The van der Waals surface area contributed by atoms with Gasteiger partial charge in [0.05, 0.1) is 0 Å². The van der Waals surface area contributed by atoms with Gasteiger partial charge in [-0.25, -0.2) is 0 Å². The van der Waals surface area contributed by atoms with Gasteiger partial charge in [-0.3, -0.25) is 4.79 Å². The van der Waals surface area contributed by atoms with Gasteiger partial charge in [-0.1, -0.05) is 17.9 Å². The van der Waals surface area contributed by atoms with Crippen LogP contribution < -0.4 is 5.32 Å². The van der Waals surface area contributed by atoms with Gasteiger partial charge in [0.25, 0.3) is 5.91 Å². The van der Waals surface area contributed by atoms with Crippen LogP contribution >= 0.6 is 0 Å². The van der Waals surface area contributed by atoms with E-state index in [1.807, 2.05) is 13.0 Å². The zero-order chi connectivity index (χ0) is 15.2. The predicted octanol–water partition coefficient (Wildman–Crippen LogP) is 1.16. The second-order valence-electron chi connectivity index (χ2n) is 5.46. The molecule has 0 unspecified atom stereocenters. The molecule has 1 fully saturated rings. The van der Waals surface area contributed by atoms with Gasteiger partial charge < -0.3 is 15.3 Å². The van der Waals surface area contributed by atoms with Crippen LogP contribution in [0.5, 0.6) is 0 Å². The molecular formula is C17H22N2O2. The topological polar surface area (TPSA) is 52.6 Å². The lowest BCUT2D eigenvalue weighted by molar-refractivity contribution is 0.0949. The van der Waals surface area contributed by atoms with Crippen LogP contribution in [0.4, 0.5) is 0 Å². The van der Waals surface area contributed by atoms with Crippen molar-refractivity contribution >= 4 is 5.91 Å². The maximum atomic E-state index is 12.1. The molecule has 112 valence electrons. The number of benzene rings is 1. The monoisotopic (exact) mass is 286 g/mol. The zero-order valence-electron chi connectivity index (χ0n) is 12.6. The summed E-state index contributed by atoms with van der Waals surface area (Å²) in [5.41, 5.74) is 2.39. The number of nitrogens with one attached hydrogen (secondary N) is 1. The number of carbonyl (C=O) groups excluding carboxylic acids is 1. The lowest BCUT2D eigenvalue weighted by Gasteiger charge is -2.15. The molecule has 4 heteroatoms. The van der Waals surface area contributed by atoms with Crippen LogP contribution in [0.1, 0.15) is 34.3 Å². The molecule has 2 rings (SSSR count). The largest absolute Gasteiger partial charge is 0.384 e. The van der Waals surface area contributed by atoms with Gasteiger partial charge in [-0.15, -0.1) is 0 Å². The third-order valence-electron chi connectivity index (χ3n) is 3.72. The van der Waals surface area contributed by atoms with Gasteiger partial charge in [-0.05, 0) is 44.5 Å². The Morgan fingerprint density at radius 1 is 1.48 bits per heavy atom. The fourth-order valence-corrected chi connectivity index (χ4v) is 2.18. The van der Waals surface area contributed by atoms with Crippen molar-refractivity contribution in [1.29, 1.82) is 0 Å². The highest BCUT2D eigenvalue weighted by molar-refractivity contribution is 5.94. The molecule has 0 spiro atoms. The summed E-state index contributed by atoms with van der Waals surface area (Å²) in [5.74, 6) is 5.41. The number of aryl methyl sites for hydroxylation is 1. The van der Waals surface area contributed by atoms with Crippen molar-refractivity contribution in [1.82, 2.24) is 10.2 Å². The molecule has 0 bridgehead atoms. The molecule has 0 atom stereocenters. The highest BCUT2D eigenvalue weighted by Crippen LogP contribution is 2.24. The summed E-state index contributed by atoms with van der Waals surface area (Å²) in [7, 11) is 2.10. The molecule has 1 aliphatic carbocycles. The SMILES string of the molecule is Cc1ccc(C(=O)NCCN(C)C2CC2)cc1C#CCO. The lowest BCUT2D eigenvalue weighted by Crippen LogP contribution is -2.34. The fourth-order valence-electron chi connectivity index (χ4n) is 2.18. The van der Waals surface area contributed by atoms with Crippen LogP contribution in [0.25, 0.3) is 0 Å². The predicted molar refractivity (Wildman–Crippen MR) is 83.1 cm³/mol. The van der Waals surface area contributed by atoms with Crippen molar-refractivity contribution in [2.45, 2.75) is 25.8 Å². The number of amides is 1. The van der Waals surface area contributed by atoms with Crippen LogP contribution in [0.3, 0.4) is 0 Å². The molecular weight excluding hydrogens is 264 g/mol. The third kappa shape index (κ3) is 4.59. The number of hydrogen-bond acceptors (Lipinski definition) is 3. The van der Waals surface area contributed by atoms with E-state index in [9.17, 15) is 4.79 Å². The molecule has 4 nitrogen and oxygen atoms in total. The number of rotatable bonds is 5. The van der Waals surface area contributed by atoms with Gasteiger partial charge in [0.15, 0.2) is 0 Å². The van der Waals surface area contributed by atoms with Crippen LogP contribution in [0.2, 0.25) is 0 Å². The second kappa shape index (κ2) is 7.26. The second-order valence-corrected chi connectivity index (χ2v) is 5.46. The van der Waals surface area contributed by atoms with Crippen molar-refractivity contribution in [2.24, 2.45) is 0 Å². The van der Waals surface area contributed by atoms with E-state index in [1.165, 1.54) is 12.8 Å². The minimum atomic E-state index is -0.177. The Morgan fingerprint density at radius 3 is 2.90 bits per heavy atom. The minimum absolute atomic E-state index is 0.0776. The van der Waals surface area contributed by atoms with Crippen LogP contribution in [-0.4, -0.2) is 48.7 Å². The number of aliphatic hydroxyl groups excluding tert-OH is 1. The Morgan fingerprint density at radius 2 is 2.24 bits per heavy atom. The molecule has 0 heterocycles. The molecule has 2 N–H and O–H groups in total. The number of nitrogens with zero attached hydrogens (tertiary/aromatic N) is 1. The zero-order valence-corrected chi connectivity index (χ0v) is 12.6. The molecule has 1 saturated carbocycles. The quantitative estimate of drug-likeness (QED) is 0.799. The van der Waals surface area contributed by atoms with Crippen molar-refractivity contribution in [3.05, 3.63) is 34.9 Å². The average molecular weight is 286 g/mol. The van der Waals surface area contributed by atoms with Gasteiger partial charge in [0.1, 0.15) is 6.61 Å². The summed E-state index contributed by atoms with van der Waals surface area (Å²) in [6.45, 7) is 3.29. The molecule has 1 amide bonds. The third-order valence-corrected chi connectivity index (χ3v) is 3.72. The normalized spacial score (nSPS) is 13.7. The van der Waals surface area contributed by atoms with Crippen molar-refractivity contribution in [3.63, 3.8) is 0 Å². The van der Waals surface area contributed by atoms with E-state index in [2.05, 4.69) is 29.1 Å². The van der Waals surface area contributed by atoms with Gasteiger partial charge >= 0.3 is 0 Å². The maximum absolute atomic E-state index is 12.1. The first-order valence-electron chi connectivity index (χ1n) is 7.30. The molecule has 1 aromatic carbocycles. The van der Waals surface area contributed by atoms with Crippen LogP contribution in [0, 0.1) is 18.8 Å². The average Bonchev–Trinajstić information content (AvgIpc) is 3.30. The van der Waals surface area contributed by atoms with Crippen molar-refractivity contribution in [2.75, 3.05) is 26.7 Å². The number of carbonyl (C=O) groups is 1. The highest BCUT2D eigenvalue weighted by Gasteiger charge is 2.25. The molecule has 0 aromatic heterocycles. The molecule has 0 radical (unpaired) electrons. The lowest BCUT2D eigenvalue weighted by atomic mass is 10.0. The van der Waals surface area contributed by atoms with E-state index >= 15 is 0 Å². The summed E-state index contributed by atoms with van der Waals surface area (Å²) in [6.07, 6.45) is 2.55. The number of hydrogen-bond donors (Lipinski definition) is 2. The van der Waals surface area contributed by atoms with E-state index in [0.29, 0.717) is 18.2 Å². The fraction of sp³-hybridized carbons (Fsp3) is 0.471. The van der Waals surface area contributed by atoms with Crippen LogP contribution in [-0.2, 0) is 0 Å². The van der Waals surface area contributed by atoms with E-state index in [1.54, 1.807) is 12.1 Å². The summed E-state index contributed by atoms with van der Waals surface area (Å²) >= 11 is 0. The maximum Gasteiger partial charge on any atom is 0.251 e. The summed E-state index contributed by atoms with van der Waals surface area (Å²) in [5, 5.41) is 11.7. The van der Waals surface area contributed by atoms with Gasteiger partial charge in [0, 0.05) is 30.3 Å². The number of aliphatic hydroxyl groups is 1. The van der Waals surface area contributed by atoms with Gasteiger partial charge in [-0.2, -0.15) is 0 Å². The summed E-state index contributed by atoms with van der Waals surface area (Å²) in [4.78, 5) is 14.4. The first-order valence-corrected chi connectivity index (χ1v) is 7.30. The highest BCUT2D eigenvalue weighted by atomic mass is 16.2. The van der Waals surface area contributed by atoms with E-state index in [-0.39, 0.29) is 12.5 Å². The Labute approximate surface area is 126 Å². The van der Waals surface area contributed by atoms with Gasteiger partial charge in [0.2, 0.25) is 0 Å². The molecule has 1 aliphatic rings. The first-order chi connectivity index (χ1) is 10.1. The standard InChI is InChI=1S/C17H22N2O2/c1-13-5-6-15(12-14(13)4-3-11-20)17(21)18-9-10-19(2)16-7-8-16/h5-6,12,16,20H,7-11H2,1-2H3,(H,18,21). The Balaban J connectivity index is 1.92. The molecule has 0 aliphatic heterocycles. The van der Waals surface area contributed by atoms with E-state index in [4.69, 9.17) is 5.11 Å². The Kier molecular flexibility index (Phi) is 5.38. The molecule has 21 heavy (non-hydrogen) atoms. The molecule has 0 saturated heterocycles. The Hall–Kier alpha value is -1.83.